The van der Waals surface area contributed by atoms with Crippen molar-refractivity contribution in [2.75, 3.05) is 11.1 Å². The van der Waals surface area contributed by atoms with Crippen LogP contribution in [0.1, 0.15) is 11.1 Å². The first-order valence-electron chi connectivity index (χ1n) is 5.57. The van der Waals surface area contributed by atoms with Crippen molar-refractivity contribution in [3.05, 3.63) is 53.1 Å². The first-order valence-corrected chi connectivity index (χ1v) is 5.57. The first kappa shape index (κ1) is 12.4. The van der Waals surface area contributed by atoms with E-state index in [0.717, 1.165) is 17.2 Å². The monoisotopic (exact) mass is 248 g/mol. The van der Waals surface area contributed by atoms with Gasteiger partial charge >= 0.3 is 0 Å². The average Bonchev–Trinajstić information content (AvgIpc) is 2.32. The number of halogens is 2. The van der Waals surface area contributed by atoms with Gasteiger partial charge in [-0.25, -0.2) is 8.78 Å². The van der Waals surface area contributed by atoms with Gasteiger partial charge in [-0.05, 0) is 37.6 Å². The zero-order chi connectivity index (χ0) is 13.3. The highest BCUT2D eigenvalue weighted by atomic mass is 19.2. The Labute approximate surface area is 104 Å². The predicted octanol–water partition coefficient (Wildman–Crippen LogP) is 3.91. The van der Waals surface area contributed by atoms with Crippen LogP contribution >= 0.6 is 0 Å². The second-order valence-corrected chi connectivity index (χ2v) is 4.27. The molecule has 0 saturated heterocycles. The molecule has 0 spiro atoms. The highest BCUT2D eigenvalue weighted by Crippen LogP contribution is 2.29. The minimum atomic E-state index is -0.963. The molecule has 0 aliphatic heterocycles. The summed E-state index contributed by atoms with van der Waals surface area (Å²) in [5.41, 5.74) is 8.55. The standard InChI is InChI=1S/C14H14F2N2/c1-8-3-6-12(9(2)7-8)18-14-11(17)5-4-10(15)13(14)16/h3-7,18H,17H2,1-2H3. The number of anilines is 3. The van der Waals surface area contributed by atoms with Crippen LogP contribution in [0.2, 0.25) is 0 Å². The molecule has 0 aliphatic rings. The molecule has 0 bridgehead atoms. The summed E-state index contributed by atoms with van der Waals surface area (Å²) in [6.45, 7) is 3.86. The number of hydrogen-bond donors (Lipinski definition) is 2. The highest BCUT2D eigenvalue weighted by Gasteiger charge is 2.12. The summed E-state index contributed by atoms with van der Waals surface area (Å²) in [6, 6.07) is 8.01. The van der Waals surface area contributed by atoms with Crippen LogP contribution in [0.25, 0.3) is 0 Å². The Bertz CT molecular complexity index is 595. The van der Waals surface area contributed by atoms with Gasteiger partial charge < -0.3 is 11.1 Å². The van der Waals surface area contributed by atoms with Gasteiger partial charge in [-0.15, -0.1) is 0 Å². The van der Waals surface area contributed by atoms with Crippen molar-refractivity contribution in [3.8, 4) is 0 Å². The van der Waals surface area contributed by atoms with E-state index in [-0.39, 0.29) is 11.4 Å². The van der Waals surface area contributed by atoms with Gasteiger partial charge in [0.25, 0.3) is 0 Å². The molecule has 0 heterocycles. The molecule has 0 amide bonds. The van der Waals surface area contributed by atoms with E-state index in [4.69, 9.17) is 5.73 Å². The molecule has 18 heavy (non-hydrogen) atoms. The quantitative estimate of drug-likeness (QED) is 0.791. The summed E-state index contributed by atoms with van der Waals surface area (Å²) < 4.78 is 26.8. The predicted molar refractivity (Wildman–Crippen MR) is 70.0 cm³/mol. The van der Waals surface area contributed by atoms with E-state index in [0.29, 0.717) is 5.69 Å². The maximum atomic E-state index is 13.6. The minimum absolute atomic E-state index is 0.0260. The molecule has 0 unspecified atom stereocenters. The lowest BCUT2D eigenvalue weighted by atomic mass is 10.1. The average molecular weight is 248 g/mol. The third-order valence-electron chi connectivity index (χ3n) is 2.77. The third-order valence-corrected chi connectivity index (χ3v) is 2.77. The molecular formula is C14H14F2N2. The Kier molecular flexibility index (Phi) is 3.19. The van der Waals surface area contributed by atoms with Gasteiger partial charge in [-0.1, -0.05) is 17.7 Å². The fourth-order valence-electron chi connectivity index (χ4n) is 1.78. The minimum Gasteiger partial charge on any atom is -0.397 e. The smallest absolute Gasteiger partial charge is 0.184 e. The van der Waals surface area contributed by atoms with E-state index in [1.165, 1.54) is 6.07 Å². The maximum Gasteiger partial charge on any atom is 0.184 e. The van der Waals surface area contributed by atoms with Crippen LogP contribution in [0.5, 0.6) is 0 Å². The van der Waals surface area contributed by atoms with Crippen LogP contribution in [0.15, 0.2) is 30.3 Å². The molecule has 2 aromatic carbocycles. The summed E-state index contributed by atoms with van der Waals surface area (Å²) in [5, 5.41) is 2.84. The van der Waals surface area contributed by atoms with E-state index in [1.54, 1.807) is 0 Å². The van der Waals surface area contributed by atoms with Crippen LogP contribution in [0.4, 0.5) is 25.8 Å². The van der Waals surface area contributed by atoms with Gasteiger partial charge in [0.15, 0.2) is 11.6 Å². The van der Waals surface area contributed by atoms with Gasteiger partial charge in [0.05, 0.1) is 5.69 Å². The lowest BCUT2D eigenvalue weighted by molar-refractivity contribution is 0.512. The normalized spacial score (nSPS) is 10.4. The zero-order valence-electron chi connectivity index (χ0n) is 10.2. The molecule has 0 aromatic heterocycles. The van der Waals surface area contributed by atoms with Gasteiger partial charge in [0.1, 0.15) is 5.69 Å². The number of nitrogens with two attached hydrogens (primary N) is 1. The van der Waals surface area contributed by atoms with Crippen molar-refractivity contribution >= 4 is 17.1 Å². The number of nitrogens with one attached hydrogen (secondary N) is 1. The lowest BCUT2D eigenvalue weighted by Crippen LogP contribution is -2.02. The van der Waals surface area contributed by atoms with E-state index in [2.05, 4.69) is 5.32 Å². The number of rotatable bonds is 2. The maximum absolute atomic E-state index is 13.6. The van der Waals surface area contributed by atoms with Crippen LogP contribution < -0.4 is 11.1 Å². The molecule has 0 fully saturated rings. The number of aryl methyl sites for hydroxylation is 2. The summed E-state index contributed by atoms with van der Waals surface area (Å²) in [7, 11) is 0. The fraction of sp³-hybridized carbons (Fsp3) is 0.143. The molecule has 3 N–H and O–H groups in total. The van der Waals surface area contributed by atoms with E-state index >= 15 is 0 Å². The molecule has 0 radical (unpaired) electrons. The second-order valence-electron chi connectivity index (χ2n) is 4.27. The van der Waals surface area contributed by atoms with E-state index in [9.17, 15) is 8.78 Å². The Morgan fingerprint density at radius 2 is 1.78 bits per heavy atom. The van der Waals surface area contributed by atoms with Crippen LogP contribution in [-0.2, 0) is 0 Å². The molecule has 2 nitrogen and oxygen atoms in total. The molecule has 4 heteroatoms. The summed E-state index contributed by atoms with van der Waals surface area (Å²) in [5.74, 6) is -1.88. The van der Waals surface area contributed by atoms with Gasteiger partial charge in [0.2, 0.25) is 0 Å². The van der Waals surface area contributed by atoms with E-state index in [1.807, 2.05) is 32.0 Å². The Balaban J connectivity index is 2.43. The van der Waals surface area contributed by atoms with Gasteiger partial charge in [-0.2, -0.15) is 0 Å². The van der Waals surface area contributed by atoms with Crippen molar-refractivity contribution in [2.24, 2.45) is 0 Å². The largest absolute Gasteiger partial charge is 0.397 e. The van der Waals surface area contributed by atoms with Crippen LogP contribution in [-0.4, -0.2) is 0 Å². The van der Waals surface area contributed by atoms with Crippen LogP contribution in [0.3, 0.4) is 0 Å². The molecule has 94 valence electrons. The van der Waals surface area contributed by atoms with Crippen molar-refractivity contribution in [1.82, 2.24) is 0 Å². The molecule has 2 rings (SSSR count). The topological polar surface area (TPSA) is 38.0 Å². The molecule has 0 saturated carbocycles. The van der Waals surface area contributed by atoms with Crippen molar-refractivity contribution in [3.63, 3.8) is 0 Å². The molecule has 2 aromatic rings. The van der Waals surface area contributed by atoms with E-state index < -0.39 is 11.6 Å². The number of nitrogen functional groups attached to an aromatic ring is 1. The van der Waals surface area contributed by atoms with Gasteiger partial charge in [-0.3, -0.25) is 0 Å². The second kappa shape index (κ2) is 4.64. The van der Waals surface area contributed by atoms with Crippen molar-refractivity contribution in [1.29, 1.82) is 0 Å². The van der Waals surface area contributed by atoms with Crippen molar-refractivity contribution in [2.45, 2.75) is 13.8 Å². The molecule has 0 aliphatic carbocycles. The third kappa shape index (κ3) is 2.27. The van der Waals surface area contributed by atoms with Crippen molar-refractivity contribution < 1.29 is 8.78 Å². The Hall–Kier alpha value is -2.10. The summed E-state index contributed by atoms with van der Waals surface area (Å²) >= 11 is 0. The summed E-state index contributed by atoms with van der Waals surface area (Å²) in [6.07, 6.45) is 0. The Morgan fingerprint density at radius 3 is 2.44 bits per heavy atom. The number of benzene rings is 2. The zero-order valence-corrected chi connectivity index (χ0v) is 10.2. The van der Waals surface area contributed by atoms with Gasteiger partial charge in [0, 0.05) is 5.69 Å². The number of hydrogen-bond acceptors (Lipinski definition) is 2. The molecule has 0 atom stereocenters. The molecular weight excluding hydrogens is 234 g/mol. The summed E-state index contributed by atoms with van der Waals surface area (Å²) in [4.78, 5) is 0. The first-order chi connectivity index (χ1) is 8.49. The Morgan fingerprint density at radius 1 is 1.06 bits per heavy atom. The fourth-order valence-corrected chi connectivity index (χ4v) is 1.78. The SMILES string of the molecule is Cc1ccc(Nc2c(N)ccc(F)c2F)c(C)c1. The highest BCUT2D eigenvalue weighted by molar-refractivity contribution is 5.74. The van der Waals surface area contributed by atoms with Crippen LogP contribution in [0, 0.1) is 25.5 Å². The lowest BCUT2D eigenvalue weighted by Gasteiger charge is -2.13.